The summed E-state index contributed by atoms with van der Waals surface area (Å²) in [7, 11) is 0. The van der Waals surface area contributed by atoms with E-state index in [1.165, 1.54) is 0 Å². The molecule has 1 N–H and O–H groups in total. The number of nitrogens with one attached hydrogen (secondary N) is 1. The number of carbonyl (C=O) groups excluding carboxylic acids is 1. The first-order valence-corrected chi connectivity index (χ1v) is 11.1. The maximum Gasteiger partial charge on any atom is 0.226 e. The molecule has 0 bridgehead atoms. The third kappa shape index (κ3) is 5.33. The predicted octanol–water partition coefficient (Wildman–Crippen LogP) is 5.10. The largest absolute Gasteiger partial charge is 0.381 e. The molecule has 0 atom stereocenters. The van der Waals surface area contributed by atoms with Gasteiger partial charge < -0.3 is 10.1 Å². The maximum absolute atomic E-state index is 13.3. The second-order valence-corrected chi connectivity index (χ2v) is 8.52. The van der Waals surface area contributed by atoms with Crippen LogP contribution in [-0.2, 0) is 22.4 Å². The molecule has 1 aliphatic rings. The van der Waals surface area contributed by atoms with Crippen LogP contribution in [0.5, 0.6) is 0 Å². The normalized spacial score (nSPS) is 15.4. The fourth-order valence-electron chi connectivity index (χ4n) is 4.23. The van der Waals surface area contributed by atoms with Crippen molar-refractivity contribution in [3.63, 3.8) is 0 Å². The number of hydrogen-bond acceptors (Lipinski definition) is 3. The quantitative estimate of drug-likeness (QED) is 0.562. The Morgan fingerprint density at radius 1 is 1.03 bits per heavy atom. The van der Waals surface area contributed by atoms with Crippen molar-refractivity contribution < 1.29 is 9.53 Å². The van der Waals surface area contributed by atoms with E-state index in [9.17, 15) is 4.79 Å². The molecule has 4 rings (SSSR count). The van der Waals surface area contributed by atoms with Crippen LogP contribution in [0, 0.1) is 5.41 Å². The minimum absolute atomic E-state index is 0.106. The molecule has 0 radical (unpaired) electrons. The van der Waals surface area contributed by atoms with Crippen LogP contribution in [0.2, 0.25) is 5.02 Å². The van der Waals surface area contributed by atoms with Crippen LogP contribution in [0.4, 0.5) is 0 Å². The van der Waals surface area contributed by atoms with Crippen LogP contribution in [-0.4, -0.2) is 30.6 Å². The first kappa shape index (κ1) is 21.5. The second kappa shape index (κ2) is 10.1. The smallest absolute Gasteiger partial charge is 0.226 e. The minimum atomic E-state index is -0.452. The molecule has 1 aliphatic heterocycles. The van der Waals surface area contributed by atoms with Gasteiger partial charge in [0.1, 0.15) is 0 Å². The molecule has 1 aromatic heterocycles. The van der Waals surface area contributed by atoms with Gasteiger partial charge in [0.05, 0.1) is 5.41 Å². The molecule has 1 saturated heterocycles. The summed E-state index contributed by atoms with van der Waals surface area (Å²) in [5, 5.41) is 3.91. The van der Waals surface area contributed by atoms with Crippen molar-refractivity contribution in [2.45, 2.75) is 25.7 Å². The van der Waals surface area contributed by atoms with Crippen molar-refractivity contribution in [2.75, 3.05) is 19.8 Å². The molecule has 3 aromatic rings. The Morgan fingerprint density at radius 2 is 1.84 bits per heavy atom. The number of amides is 1. The summed E-state index contributed by atoms with van der Waals surface area (Å²) in [5.74, 6) is 0.106. The summed E-state index contributed by atoms with van der Waals surface area (Å²) in [6.07, 6.45) is 6.50. The van der Waals surface area contributed by atoms with E-state index < -0.39 is 5.41 Å². The molecule has 0 aliphatic carbocycles. The molecular weight excluding hydrogens is 408 g/mol. The van der Waals surface area contributed by atoms with E-state index >= 15 is 0 Å². The lowest BCUT2D eigenvalue weighted by molar-refractivity contribution is -0.136. The van der Waals surface area contributed by atoms with Gasteiger partial charge in [0, 0.05) is 37.2 Å². The first-order chi connectivity index (χ1) is 15.2. The topological polar surface area (TPSA) is 51.2 Å². The highest BCUT2D eigenvalue weighted by atomic mass is 35.5. The molecule has 0 saturated carbocycles. The Kier molecular flexibility index (Phi) is 7.00. The summed E-state index contributed by atoms with van der Waals surface area (Å²) in [5.41, 5.74) is 3.95. The van der Waals surface area contributed by atoms with E-state index in [1.807, 2.05) is 36.5 Å². The summed E-state index contributed by atoms with van der Waals surface area (Å²) in [4.78, 5) is 17.6. The van der Waals surface area contributed by atoms with Gasteiger partial charge in [0.2, 0.25) is 5.91 Å². The number of benzene rings is 2. The average molecular weight is 435 g/mol. The summed E-state index contributed by atoms with van der Waals surface area (Å²) in [6.45, 7) is 1.79. The molecule has 1 amide bonds. The molecule has 0 unspecified atom stereocenters. The van der Waals surface area contributed by atoms with Crippen LogP contribution in [0.15, 0.2) is 73.1 Å². The maximum atomic E-state index is 13.3. The van der Waals surface area contributed by atoms with E-state index in [0.29, 0.717) is 32.6 Å². The Morgan fingerprint density at radius 3 is 2.61 bits per heavy atom. The fraction of sp³-hybridized carbons (Fsp3) is 0.308. The Bertz CT molecular complexity index is 1020. The van der Waals surface area contributed by atoms with Crippen molar-refractivity contribution in [1.82, 2.24) is 10.3 Å². The van der Waals surface area contributed by atoms with Crippen LogP contribution in [0.3, 0.4) is 0 Å². The molecule has 2 heterocycles. The zero-order chi connectivity index (χ0) is 21.5. The molecule has 0 spiro atoms. The van der Waals surface area contributed by atoms with Gasteiger partial charge in [-0.15, -0.1) is 0 Å². The van der Waals surface area contributed by atoms with Crippen LogP contribution in [0.1, 0.15) is 24.0 Å². The van der Waals surface area contributed by atoms with Gasteiger partial charge in [0.15, 0.2) is 0 Å². The van der Waals surface area contributed by atoms with Gasteiger partial charge in [-0.05, 0) is 60.1 Å². The number of pyridine rings is 1. The number of carbonyl (C=O) groups is 1. The molecular formula is C26H27ClN2O2. The first-order valence-electron chi connectivity index (χ1n) is 10.8. The zero-order valence-corrected chi connectivity index (χ0v) is 18.3. The second-order valence-electron chi connectivity index (χ2n) is 8.11. The van der Waals surface area contributed by atoms with Gasteiger partial charge in [-0.3, -0.25) is 9.78 Å². The van der Waals surface area contributed by atoms with Gasteiger partial charge in [-0.25, -0.2) is 0 Å². The highest BCUT2D eigenvalue weighted by Gasteiger charge is 2.39. The van der Waals surface area contributed by atoms with Crippen molar-refractivity contribution >= 4 is 17.5 Å². The Hall–Kier alpha value is -2.69. The van der Waals surface area contributed by atoms with Crippen molar-refractivity contribution in [2.24, 2.45) is 5.41 Å². The number of rotatable bonds is 7. The molecule has 160 valence electrons. The molecule has 5 heteroatoms. The third-order valence-corrected chi connectivity index (χ3v) is 6.40. The van der Waals surface area contributed by atoms with Crippen LogP contribution >= 0.6 is 11.6 Å². The van der Waals surface area contributed by atoms with Crippen LogP contribution < -0.4 is 5.32 Å². The van der Waals surface area contributed by atoms with Crippen molar-refractivity contribution in [3.8, 4) is 11.1 Å². The molecule has 1 fully saturated rings. The average Bonchev–Trinajstić information content (AvgIpc) is 2.81. The molecule has 2 aromatic carbocycles. The van der Waals surface area contributed by atoms with E-state index in [4.69, 9.17) is 16.3 Å². The number of hydrogen-bond donors (Lipinski definition) is 1. The van der Waals surface area contributed by atoms with E-state index in [2.05, 4.69) is 40.6 Å². The standard InChI is InChI=1S/C26H27ClN2O2/c27-24-9-2-1-6-21(24)10-14-29-25(30)26(11-15-31-16-12-26)18-20-5-3-7-22(17-20)23-8-4-13-28-19-23/h1-9,13,17,19H,10-12,14-16,18H2,(H,29,30). The van der Waals surface area contributed by atoms with Gasteiger partial charge in [-0.1, -0.05) is 60.1 Å². The lowest BCUT2D eigenvalue weighted by atomic mass is 9.74. The predicted molar refractivity (Wildman–Crippen MR) is 124 cm³/mol. The molecule has 31 heavy (non-hydrogen) atoms. The van der Waals surface area contributed by atoms with E-state index in [1.54, 1.807) is 6.20 Å². The van der Waals surface area contributed by atoms with Gasteiger partial charge in [-0.2, -0.15) is 0 Å². The minimum Gasteiger partial charge on any atom is -0.381 e. The molecule has 4 nitrogen and oxygen atoms in total. The number of nitrogens with zero attached hydrogens (tertiary/aromatic N) is 1. The summed E-state index contributed by atoms with van der Waals surface area (Å²) >= 11 is 6.25. The lowest BCUT2D eigenvalue weighted by Gasteiger charge is -2.36. The lowest BCUT2D eigenvalue weighted by Crippen LogP contribution is -2.46. The number of aromatic nitrogens is 1. The number of ether oxygens (including phenoxy) is 1. The summed E-state index contributed by atoms with van der Waals surface area (Å²) < 4.78 is 5.59. The fourth-order valence-corrected chi connectivity index (χ4v) is 4.46. The Balaban J connectivity index is 1.47. The highest BCUT2D eigenvalue weighted by Crippen LogP contribution is 2.35. The van der Waals surface area contributed by atoms with E-state index in [0.717, 1.165) is 40.1 Å². The highest BCUT2D eigenvalue weighted by molar-refractivity contribution is 6.31. The van der Waals surface area contributed by atoms with Gasteiger partial charge >= 0.3 is 0 Å². The monoisotopic (exact) mass is 434 g/mol. The Labute approximate surface area is 188 Å². The zero-order valence-electron chi connectivity index (χ0n) is 17.5. The SMILES string of the molecule is O=C(NCCc1ccccc1Cl)C1(Cc2cccc(-c3cccnc3)c2)CCOCC1. The summed E-state index contributed by atoms with van der Waals surface area (Å²) in [6, 6.07) is 20.2. The van der Waals surface area contributed by atoms with E-state index in [-0.39, 0.29) is 5.91 Å². The van der Waals surface area contributed by atoms with Crippen molar-refractivity contribution in [1.29, 1.82) is 0 Å². The van der Waals surface area contributed by atoms with Gasteiger partial charge in [0.25, 0.3) is 0 Å². The van der Waals surface area contributed by atoms with Crippen molar-refractivity contribution in [3.05, 3.63) is 89.2 Å². The van der Waals surface area contributed by atoms with Crippen LogP contribution in [0.25, 0.3) is 11.1 Å². The third-order valence-electron chi connectivity index (χ3n) is 6.03. The number of halogens is 1.